The van der Waals surface area contributed by atoms with E-state index in [0.717, 1.165) is 0 Å². The number of carbonyl (C=O) groups excluding carboxylic acids is 1. The van der Waals surface area contributed by atoms with Crippen LogP contribution in [-0.2, 0) is 9.78 Å². The number of rotatable bonds is 2. The zero-order chi connectivity index (χ0) is 8.20. The summed E-state index contributed by atoms with van der Waals surface area (Å²) >= 11 is 15.6. The molecular weight excluding hydrogens is 204 g/mol. The van der Waals surface area contributed by atoms with Gasteiger partial charge in [-0.3, -0.25) is 4.89 Å². The highest BCUT2D eigenvalue weighted by molar-refractivity contribution is 6.67. The summed E-state index contributed by atoms with van der Waals surface area (Å²) in [6, 6.07) is 0. The van der Waals surface area contributed by atoms with Gasteiger partial charge in [0.2, 0.25) is 3.79 Å². The highest BCUT2D eigenvalue weighted by Crippen LogP contribution is 2.25. The predicted molar refractivity (Wildman–Crippen MR) is 36.9 cm³/mol. The average Bonchev–Trinajstić information content (AvgIpc) is 1.59. The Hall–Kier alpha value is 0.1000. The molecule has 10 heavy (non-hydrogen) atoms. The smallest absolute Gasteiger partial charge is 0.333 e. The number of hydrogen-bond acceptors (Lipinski definition) is 3. The molecule has 0 aromatic heterocycles. The van der Waals surface area contributed by atoms with Gasteiger partial charge in [0.1, 0.15) is 6.61 Å². The van der Waals surface area contributed by atoms with Crippen molar-refractivity contribution in [1.29, 1.82) is 0 Å². The lowest BCUT2D eigenvalue weighted by atomic mass is 10.8. The Morgan fingerprint density at radius 2 is 2.00 bits per heavy atom. The maximum absolute atomic E-state index is 9.83. The number of nitrogens with two attached hydrogens (primary N) is 1. The molecule has 0 aliphatic rings. The highest BCUT2D eigenvalue weighted by Gasteiger charge is 2.21. The summed E-state index contributed by atoms with van der Waals surface area (Å²) in [6.07, 6.45) is -1.09. The zero-order valence-corrected chi connectivity index (χ0v) is 6.91. The number of carbonyl (C=O) groups is 1. The van der Waals surface area contributed by atoms with Crippen LogP contribution in [-0.4, -0.2) is 16.5 Å². The minimum absolute atomic E-state index is 0.361. The fraction of sp³-hybridized carbons (Fsp3) is 0.667. The van der Waals surface area contributed by atoms with E-state index in [1.165, 1.54) is 0 Å². The van der Waals surface area contributed by atoms with Gasteiger partial charge < -0.3 is 5.73 Å². The van der Waals surface area contributed by atoms with Crippen molar-refractivity contribution in [3.8, 4) is 0 Å². The van der Waals surface area contributed by atoms with Gasteiger partial charge in [-0.2, -0.15) is 4.89 Å². The average molecular weight is 208 g/mol. The van der Waals surface area contributed by atoms with E-state index in [4.69, 9.17) is 34.8 Å². The van der Waals surface area contributed by atoms with Crippen LogP contribution in [0.2, 0.25) is 0 Å². The second kappa shape index (κ2) is 4.08. The second-order valence-corrected chi connectivity index (χ2v) is 3.80. The largest absolute Gasteiger partial charge is 0.436 e. The van der Waals surface area contributed by atoms with Crippen molar-refractivity contribution in [2.75, 3.05) is 6.61 Å². The van der Waals surface area contributed by atoms with Gasteiger partial charge in [-0.25, -0.2) is 4.79 Å². The van der Waals surface area contributed by atoms with Crippen molar-refractivity contribution in [3.05, 3.63) is 0 Å². The van der Waals surface area contributed by atoms with Crippen molar-refractivity contribution in [2.24, 2.45) is 5.73 Å². The molecule has 0 radical (unpaired) electrons. The van der Waals surface area contributed by atoms with Crippen LogP contribution in [0.1, 0.15) is 0 Å². The van der Waals surface area contributed by atoms with Crippen molar-refractivity contribution in [1.82, 2.24) is 0 Å². The molecule has 0 fully saturated rings. The lowest BCUT2D eigenvalue weighted by molar-refractivity contribution is -0.234. The van der Waals surface area contributed by atoms with Gasteiger partial charge >= 0.3 is 6.09 Å². The van der Waals surface area contributed by atoms with Crippen molar-refractivity contribution in [3.63, 3.8) is 0 Å². The third-order valence-corrected chi connectivity index (χ3v) is 0.691. The van der Waals surface area contributed by atoms with E-state index >= 15 is 0 Å². The minimum Gasteiger partial charge on any atom is -0.333 e. The van der Waals surface area contributed by atoms with Crippen molar-refractivity contribution >= 4 is 40.9 Å². The highest BCUT2D eigenvalue weighted by atomic mass is 35.6. The van der Waals surface area contributed by atoms with Crippen LogP contribution in [0.25, 0.3) is 0 Å². The van der Waals surface area contributed by atoms with Crippen LogP contribution in [0.4, 0.5) is 4.79 Å². The van der Waals surface area contributed by atoms with Gasteiger partial charge in [-0.05, 0) is 0 Å². The molecule has 0 aliphatic carbocycles. The molecule has 0 rings (SSSR count). The summed E-state index contributed by atoms with van der Waals surface area (Å²) in [5.74, 6) is 0. The Labute approximate surface area is 72.0 Å². The first-order valence-corrected chi connectivity index (χ1v) is 3.21. The Morgan fingerprint density at radius 1 is 1.50 bits per heavy atom. The van der Waals surface area contributed by atoms with E-state index in [9.17, 15) is 4.79 Å². The van der Waals surface area contributed by atoms with Crippen LogP contribution in [0, 0.1) is 0 Å². The molecular formula is C3H4Cl3NO3. The fourth-order valence-electron chi connectivity index (χ4n) is 0.154. The summed E-state index contributed by atoms with van der Waals surface area (Å²) < 4.78 is -1.60. The van der Waals surface area contributed by atoms with E-state index < -0.39 is 9.89 Å². The van der Waals surface area contributed by atoms with E-state index in [2.05, 4.69) is 15.5 Å². The first-order chi connectivity index (χ1) is 4.42. The van der Waals surface area contributed by atoms with Gasteiger partial charge in [0, 0.05) is 0 Å². The van der Waals surface area contributed by atoms with E-state index in [0.29, 0.717) is 0 Å². The SMILES string of the molecule is NC(=O)OOCC(Cl)(Cl)Cl. The third-order valence-electron chi connectivity index (χ3n) is 0.364. The molecule has 0 aromatic rings. The maximum Gasteiger partial charge on any atom is 0.436 e. The Kier molecular flexibility index (Phi) is 4.12. The molecule has 0 bridgehead atoms. The molecule has 0 unspecified atom stereocenters. The number of primary amides is 1. The number of hydrogen-bond donors (Lipinski definition) is 1. The number of alkyl halides is 3. The van der Waals surface area contributed by atoms with Crippen LogP contribution in [0.5, 0.6) is 0 Å². The van der Waals surface area contributed by atoms with Gasteiger partial charge in [-0.1, -0.05) is 34.8 Å². The first kappa shape index (κ1) is 10.1. The molecule has 0 spiro atoms. The normalized spacial score (nSPS) is 11.1. The number of amides is 1. The summed E-state index contributed by atoms with van der Waals surface area (Å²) in [7, 11) is 0. The predicted octanol–water partition coefficient (Wildman–Crippen LogP) is 1.38. The minimum atomic E-state index is -1.60. The molecule has 0 aromatic carbocycles. The standard InChI is InChI=1S/C3H4Cl3NO3/c4-3(5,6)1-9-10-2(7)8/h1H2,(H2,7,8). The van der Waals surface area contributed by atoms with Crippen molar-refractivity contribution < 1.29 is 14.6 Å². The van der Waals surface area contributed by atoms with E-state index in [1.807, 2.05) is 0 Å². The summed E-state index contributed by atoms with van der Waals surface area (Å²) in [6.45, 7) is -0.361. The molecule has 0 saturated heterocycles. The molecule has 0 saturated carbocycles. The van der Waals surface area contributed by atoms with Crippen LogP contribution in [0.15, 0.2) is 0 Å². The molecule has 0 aliphatic heterocycles. The summed E-state index contributed by atoms with van der Waals surface area (Å²) in [5.41, 5.74) is 4.51. The lowest BCUT2D eigenvalue weighted by Gasteiger charge is -2.07. The molecule has 2 N–H and O–H groups in total. The molecule has 60 valence electrons. The van der Waals surface area contributed by atoms with Gasteiger partial charge in [0.25, 0.3) is 0 Å². The summed E-state index contributed by atoms with van der Waals surface area (Å²) in [5, 5.41) is 0. The maximum atomic E-state index is 9.83. The third kappa shape index (κ3) is 8.10. The summed E-state index contributed by atoms with van der Waals surface area (Å²) in [4.78, 5) is 17.7. The molecule has 1 amide bonds. The first-order valence-electron chi connectivity index (χ1n) is 2.07. The van der Waals surface area contributed by atoms with Gasteiger partial charge in [0.15, 0.2) is 0 Å². The lowest BCUT2D eigenvalue weighted by Crippen LogP contribution is -2.19. The van der Waals surface area contributed by atoms with E-state index in [1.54, 1.807) is 0 Å². The Morgan fingerprint density at radius 3 is 2.30 bits per heavy atom. The quantitative estimate of drug-likeness (QED) is 0.424. The van der Waals surface area contributed by atoms with Crippen molar-refractivity contribution in [2.45, 2.75) is 3.79 Å². The Balaban J connectivity index is 3.29. The molecule has 0 atom stereocenters. The molecule has 7 heteroatoms. The zero-order valence-electron chi connectivity index (χ0n) is 4.64. The van der Waals surface area contributed by atoms with Gasteiger partial charge in [0.05, 0.1) is 0 Å². The van der Waals surface area contributed by atoms with Crippen LogP contribution < -0.4 is 5.73 Å². The second-order valence-electron chi connectivity index (χ2n) is 1.28. The Bertz CT molecular complexity index is 123. The topological polar surface area (TPSA) is 61.6 Å². The number of halogens is 3. The molecule has 0 heterocycles. The van der Waals surface area contributed by atoms with Crippen LogP contribution >= 0.6 is 34.8 Å². The van der Waals surface area contributed by atoms with E-state index in [-0.39, 0.29) is 6.61 Å². The monoisotopic (exact) mass is 207 g/mol. The van der Waals surface area contributed by atoms with Gasteiger partial charge in [-0.15, -0.1) is 0 Å². The van der Waals surface area contributed by atoms with Crippen LogP contribution in [0.3, 0.4) is 0 Å². The molecule has 4 nitrogen and oxygen atoms in total. The fourth-order valence-corrected chi connectivity index (χ4v) is 0.288.